The van der Waals surface area contributed by atoms with Crippen LogP contribution in [0.25, 0.3) is 0 Å². The summed E-state index contributed by atoms with van der Waals surface area (Å²) in [6, 6.07) is 4.02. The topological polar surface area (TPSA) is 34.0 Å². The van der Waals surface area contributed by atoms with Crippen LogP contribution in [0, 0.1) is 11.6 Å². The maximum atomic E-state index is 13.9. The summed E-state index contributed by atoms with van der Waals surface area (Å²) in [7, 11) is 1.97. The van der Waals surface area contributed by atoms with Gasteiger partial charge in [0.15, 0.2) is 5.16 Å². The van der Waals surface area contributed by atoms with Crippen molar-refractivity contribution in [2.24, 2.45) is 7.05 Å². The van der Waals surface area contributed by atoms with Crippen molar-refractivity contribution < 1.29 is 8.78 Å². The molecule has 25 heavy (non-hydrogen) atoms. The quantitative estimate of drug-likeness (QED) is 0.577. The van der Waals surface area contributed by atoms with Crippen LogP contribution in [-0.4, -0.2) is 38.5 Å². The van der Waals surface area contributed by atoms with E-state index in [-0.39, 0.29) is 18.0 Å². The average Bonchev–Trinajstić information content (AvgIpc) is 2.97. The first-order valence-corrected chi connectivity index (χ1v) is 9.37. The number of hydrogen-bond acceptors (Lipinski definition) is 4. The van der Waals surface area contributed by atoms with Gasteiger partial charge >= 0.3 is 0 Å². The molecule has 0 bridgehead atoms. The van der Waals surface area contributed by atoms with Crippen molar-refractivity contribution >= 4 is 11.8 Å². The highest BCUT2D eigenvalue weighted by Crippen LogP contribution is 2.29. The minimum atomic E-state index is -0.483. The lowest BCUT2D eigenvalue weighted by Gasteiger charge is -2.32. The van der Waals surface area contributed by atoms with Gasteiger partial charge in [-0.15, -0.1) is 16.8 Å². The predicted octanol–water partition coefficient (Wildman–Crippen LogP) is 3.75. The van der Waals surface area contributed by atoms with Crippen molar-refractivity contribution in [3.05, 3.63) is 53.9 Å². The molecule has 1 fully saturated rings. The minimum absolute atomic E-state index is 0.142. The standard InChI is InChI=1S/C18H22F2N4S/c1-3-10-25-18-22-21-17(23(18)2)13-6-5-9-24(11-13)12-14-15(19)7-4-8-16(14)20/h3-4,7-8,13H,1,5-6,9-12H2,2H3. The lowest BCUT2D eigenvalue weighted by Crippen LogP contribution is -2.35. The van der Waals surface area contributed by atoms with Crippen molar-refractivity contribution in [1.29, 1.82) is 0 Å². The molecule has 0 saturated carbocycles. The van der Waals surface area contributed by atoms with Gasteiger partial charge in [0.05, 0.1) is 0 Å². The molecule has 1 aromatic heterocycles. The molecule has 0 aliphatic carbocycles. The van der Waals surface area contributed by atoms with Gasteiger partial charge in [0.2, 0.25) is 0 Å². The Kier molecular flexibility index (Phi) is 5.86. The number of piperidine rings is 1. The summed E-state index contributed by atoms with van der Waals surface area (Å²) >= 11 is 1.60. The average molecular weight is 364 g/mol. The van der Waals surface area contributed by atoms with Crippen LogP contribution in [-0.2, 0) is 13.6 Å². The fourth-order valence-corrected chi connectivity index (χ4v) is 3.91. The zero-order chi connectivity index (χ0) is 17.8. The Hall–Kier alpha value is -1.73. The highest BCUT2D eigenvalue weighted by Gasteiger charge is 2.27. The fraction of sp³-hybridized carbons (Fsp3) is 0.444. The van der Waals surface area contributed by atoms with E-state index >= 15 is 0 Å². The van der Waals surface area contributed by atoms with Crippen LogP contribution >= 0.6 is 11.8 Å². The van der Waals surface area contributed by atoms with Crippen molar-refractivity contribution in [2.75, 3.05) is 18.8 Å². The number of aromatic nitrogens is 3. The number of likely N-dealkylation sites (tertiary alicyclic amines) is 1. The highest BCUT2D eigenvalue weighted by molar-refractivity contribution is 7.99. The zero-order valence-corrected chi connectivity index (χ0v) is 15.1. The van der Waals surface area contributed by atoms with E-state index < -0.39 is 11.6 Å². The Morgan fingerprint density at radius 1 is 1.32 bits per heavy atom. The number of rotatable bonds is 6. The molecule has 1 atom stereocenters. The van der Waals surface area contributed by atoms with Crippen LogP contribution in [0.1, 0.15) is 30.1 Å². The number of benzene rings is 1. The molecular formula is C18H22F2N4S. The van der Waals surface area contributed by atoms with E-state index in [1.165, 1.54) is 18.2 Å². The van der Waals surface area contributed by atoms with Crippen LogP contribution in [0.2, 0.25) is 0 Å². The number of hydrogen-bond donors (Lipinski definition) is 0. The Morgan fingerprint density at radius 3 is 2.80 bits per heavy atom. The van der Waals surface area contributed by atoms with Gasteiger partial charge in [-0.2, -0.15) is 0 Å². The molecule has 0 amide bonds. The Labute approximate surface area is 150 Å². The lowest BCUT2D eigenvalue weighted by molar-refractivity contribution is 0.190. The monoisotopic (exact) mass is 364 g/mol. The molecule has 4 nitrogen and oxygen atoms in total. The summed E-state index contributed by atoms with van der Waals surface area (Å²) in [5.41, 5.74) is 0.142. The Morgan fingerprint density at radius 2 is 2.08 bits per heavy atom. The lowest BCUT2D eigenvalue weighted by atomic mass is 9.96. The van der Waals surface area contributed by atoms with Crippen molar-refractivity contribution in [2.45, 2.75) is 30.5 Å². The normalized spacial score (nSPS) is 18.4. The molecule has 0 N–H and O–H groups in total. The molecule has 1 aliphatic rings. The van der Waals surface area contributed by atoms with Crippen molar-refractivity contribution in [3.63, 3.8) is 0 Å². The van der Waals surface area contributed by atoms with Crippen molar-refractivity contribution in [1.82, 2.24) is 19.7 Å². The first-order valence-electron chi connectivity index (χ1n) is 8.38. The first kappa shape index (κ1) is 18.1. The van der Waals surface area contributed by atoms with Crippen molar-refractivity contribution in [3.8, 4) is 0 Å². The van der Waals surface area contributed by atoms with Gasteiger partial charge in [0.1, 0.15) is 17.5 Å². The second-order valence-corrected chi connectivity index (χ2v) is 7.26. The van der Waals surface area contributed by atoms with Gasteiger partial charge in [-0.1, -0.05) is 23.9 Å². The summed E-state index contributed by atoms with van der Waals surface area (Å²) in [6.45, 7) is 5.56. The molecule has 0 spiro atoms. The van der Waals surface area contributed by atoms with E-state index in [2.05, 4.69) is 21.7 Å². The van der Waals surface area contributed by atoms with Crippen LogP contribution in [0.3, 0.4) is 0 Å². The third kappa shape index (κ3) is 4.10. The van der Waals surface area contributed by atoms with E-state index in [1.54, 1.807) is 11.8 Å². The fourth-order valence-electron chi connectivity index (χ4n) is 3.26. The van der Waals surface area contributed by atoms with E-state index in [0.717, 1.165) is 42.7 Å². The summed E-state index contributed by atoms with van der Waals surface area (Å²) in [4.78, 5) is 2.10. The highest BCUT2D eigenvalue weighted by atomic mass is 32.2. The molecule has 1 aliphatic heterocycles. The third-order valence-electron chi connectivity index (χ3n) is 4.51. The molecule has 3 rings (SSSR count). The van der Waals surface area contributed by atoms with Gasteiger partial charge in [0, 0.05) is 37.4 Å². The van der Waals surface area contributed by atoms with Gasteiger partial charge in [-0.3, -0.25) is 4.90 Å². The molecule has 7 heteroatoms. The van der Waals surface area contributed by atoms with E-state index in [9.17, 15) is 8.78 Å². The van der Waals surface area contributed by atoms with Gasteiger partial charge in [0.25, 0.3) is 0 Å². The van der Waals surface area contributed by atoms with E-state index in [4.69, 9.17) is 0 Å². The van der Waals surface area contributed by atoms with Crippen LogP contribution < -0.4 is 0 Å². The molecule has 2 heterocycles. The first-order chi connectivity index (χ1) is 12.1. The molecule has 1 aromatic carbocycles. The Bertz CT molecular complexity index is 726. The predicted molar refractivity (Wildman–Crippen MR) is 95.5 cm³/mol. The molecule has 134 valence electrons. The smallest absolute Gasteiger partial charge is 0.191 e. The molecular weight excluding hydrogens is 342 g/mol. The largest absolute Gasteiger partial charge is 0.309 e. The summed E-state index contributed by atoms with van der Waals surface area (Å²) in [6.07, 6.45) is 3.82. The SMILES string of the molecule is C=CCSc1nnc(C2CCCN(Cc3c(F)cccc3F)C2)n1C. The summed E-state index contributed by atoms with van der Waals surface area (Å²) in [5.74, 6) is 0.979. The number of halogens is 2. The van der Waals surface area contributed by atoms with Gasteiger partial charge in [-0.25, -0.2) is 8.78 Å². The van der Waals surface area contributed by atoms with Gasteiger partial charge in [-0.05, 0) is 31.5 Å². The molecule has 0 radical (unpaired) electrons. The van der Waals surface area contributed by atoms with Crippen LogP contribution in [0.15, 0.2) is 36.0 Å². The summed E-state index contributed by atoms with van der Waals surface area (Å²) in [5, 5.41) is 9.47. The molecule has 1 saturated heterocycles. The van der Waals surface area contributed by atoms with E-state index in [1.807, 2.05) is 17.7 Å². The molecule has 2 aromatic rings. The zero-order valence-electron chi connectivity index (χ0n) is 14.3. The third-order valence-corrected chi connectivity index (χ3v) is 5.53. The maximum absolute atomic E-state index is 13.9. The second kappa shape index (κ2) is 8.10. The minimum Gasteiger partial charge on any atom is -0.309 e. The molecule has 1 unspecified atom stereocenters. The maximum Gasteiger partial charge on any atom is 0.191 e. The van der Waals surface area contributed by atoms with Crippen LogP contribution in [0.5, 0.6) is 0 Å². The number of nitrogens with zero attached hydrogens (tertiary/aromatic N) is 4. The number of thioether (sulfide) groups is 1. The van der Waals surface area contributed by atoms with Crippen LogP contribution in [0.4, 0.5) is 8.78 Å². The Balaban J connectivity index is 1.71. The second-order valence-electron chi connectivity index (χ2n) is 6.27. The van der Waals surface area contributed by atoms with E-state index in [0.29, 0.717) is 0 Å². The van der Waals surface area contributed by atoms with Gasteiger partial charge < -0.3 is 4.57 Å². The summed E-state index contributed by atoms with van der Waals surface area (Å²) < 4.78 is 29.8.